The minimum absolute atomic E-state index is 0.348. The second-order valence-corrected chi connectivity index (χ2v) is 12.2. The molecule has 0 spiro atoms. The van der Waals surface area contributed by atoms with Crippen molar-refractivity contribution in [1.82, 2.24) is 0 Å². The summed E-state index contributed by atoms with van der Waals surface area (Å²) in [5.41, 5.74) is 4.05. The first kappa shape index (κ1) is 43.7. The molecule has 52 heavy (non-hydrogen) atoms. The molecule has 2 aromatic rings. The van der Waals surface area contributed by atoms with Crippen LogP contribution >= 0.6 is 0 Å². The van der Waals surface area contributed by atoms with E-state index in [0.717, 1.165) is 47.9 Å². The third-order valence-electron chi connectivity index (χ3n) is 7.64. The number of hydrogen-bond donors (Lipinski definition) is 0. The highest BCUT2D eigenvalue weighted by Crippen LogP contribution is 2.33. The van der Waals surface area contributed by atoms with E-state index in [1.807, 2.05) is 24.3 Å². The molecule has 3 rings (SSSR count). The molecule has 0 radical (unpaired) electrons. The maximum Gasteiger partial charge on any atom is 0.161 e. The highest BCUT2D eigenvalue weighted by atomic mass is 16.6. The Kier molecular flexibility index (Phi) is 24.2. The molecular formula is C40H64O12. The maximum atomic E-state index is 6.17. The minimum Gasteiger partial charge on any atom is -0.487 e. The molecular weight excluding hydrogens is 672 g/mol. The van der Waals surface area contributed by atoms with E-state index in [9.17, 15) is 0 Å². The van der Waals surface area contributed by atoms with Crippen molar-refractivity contribution in [2.75, 3.05) is 106 Å². The third-order valence-corrected chi connectivity index (χ3v) is 7.64. The van der Waals surface area contributed by atoms with Gasteiger partial charge >= 0.3 is 0 Å². The Labute approximate surface area is 311 Å². The van der Waals surface area contributed by atoms with Gasteiger partial charge in [-0.25, -0.2) is 0 Å². The molecule has 0 aliphatic carbocycles. The Hall–Kier alpha value is -2.68. The summed E-state index contributed by atoms with van der Waals surface area (Å²) in [7, 11) is 0. The molecule has 0 unspecified atom stereocenters. The maximum absolute atomic E-state index is 6.17. The second-order valence-electron chi connectivity index (χ2n) is 12.2. The van der Waals surface area contributed by atoms with Gasteiger partial charge < -0.3 is 56.8 Å². The van der Waals surface area contributed by atoms with E-state index in [1.165, 1.54) is 0 Å². The van der Waals surface area contributed by atoms with E-state index in [1.54, 1.807) is 0 Å². The lowest BCUT2D eigenvalue weighted by atomic mass is 10.1. The number of fused-ring (bicyclic) bond motifs is 2. The van der Waals surface area contributed by atoms with Gasteiger partial charge in [0.05, 0.1) is 79.3 Å². The Morgan fingerprint density at radius 1 is 0.346 bits per heavy atom. The molecule has 0 N–H and O–H groups in total. The van der Waals surface area contributed by atoms with Crippen molar-refractivity contribution < 1.29 is 56.8 Å². The normalized spacial score (nSPS) is 15.9. The Morgan fingerprint density at radius 3 is 0.769 bits per heavy atom. The van der Waals surface area contributed by atoms with E-state index < -0.39 is 0 Å². The lowest BCUT2D eigenvalue weighted by Crippen LogP contribution is -2.16. The van der Waals surface area contributed by atoms with Crippen LogP contribution in [0.5, 0.6) is 23.0 Å². The molecule has 12 heteroatoms. The molecule has 0 saturated heterocycles. The summed E-state index contributed by atoms with van der Waals surface area (Å²) in [6.45, 7) is 17.6. The molecule has 0 atom stereocenters. The molecule has 1 aliphatic heterocycles. The molecule has 296 valence electrons. The summed E-state index contributed by atoms with van der Waals surface area (Å²) in [6, 6.07) is 7.94. The highest BCUT2D eigenvalue weighted by Gasteiger charge is 2.16. The second kappa shape index (κ2) is 28.8. The van der Waals surface area contributed by atoms with E-state index in [2.05, 4.69) is 27.7 Å². The van der Waals surface area contributed by atoms with Crippen LogP contribution in [-0.4, -0.2) is 106 Å². The quantitative estimate of drug-likeness (QED) is 0.171. The SMILES string of the molecule is CCCOCc1cc2c(cc1COCCC)OCCOCCOCCOc1cc(COCCC)c(COCCC)cc1OCCOCCOCCO2. The van der Waals surface area contributed by atoms with Gasteiger partial charge in [-0.3, -0.25) is 0 Å². The average Bonchev–Trinajstić information content (AvgIpc) is 3.15. The van der Waals surface area contributed by atoms with Crippen LogP contribution < -0.4 is 18.9 Å². The van der Waals surface area contributed by atoms with Gasteiger partial charge in [-0.15, -0.1) is 0 Å². The first-order valence-corrected chi connectivity index (χ1v) is 19.1. The molecule has 2 aromatic carbocycles. The van der Waals surface area contributed by atoms with Gasteiger partial charge in [0.2, 0.25) is 0 Å². The lowest BCUT2D eigenvalue weighted by molar-refractivity contribution is 0.0222. The third kappa shape index (κ3) is 17.9. The molecule has 1 aliphatic rings. The van der Waals surface area contributed by atoms with Crippen LogP contribution in [0.15, 0.2) is 24.3 Å². The predicted octanol–water partition coefficient (Wildman–Crippen LogP) is 6.69. The summed E-state index contributed by atoms with van der Waals surface area (Å²) < 4.78 is 71.4. The van der Waals surface area contributed by atoms with Crippen LogP contribution in [0.1, 0.15) is 75.6 Å². The van der Waals surface area contributed by atoms with Crippen molar-refractivity contribution in [3.05, 3.63) is 46.5 Å². The number of ether oxygens (including phenoxy) is 12. The van der Waals surface area contributed by atoms with E-state index >= 15 is 0 Å². The fourth-order valence-electron chi connectivity index (χ4n) is 5.07. The van der Waals surface area contributed by atoms with E-state index in [4.69, 9.17) is 56.8 Å². The van der Waals surface area contributed by atoms with Gasteiger partial charge in [-0.05, 0) is 72.2 Å². The van der Waals surface area contributed by atoms with Gasteiger partial charge in [0, 0.05) is 26.4 Å². The average molecular weight is 737 g/mol. The van der Waals surface area contributed by atoms with Crippen molar-refractivity contribution in [3.8, 4) is 23.0 Å². The number of rotatable bonds is 16. The van der Waals surface area contributed by atoms with Gasteiger partial charge in [0.25, 0.3) is 0 Å². The molecule has 12 nitrogen and oxygen atoms in total. The zero-order valence-electron chi connectivity index (χ0n) is 32.2. The summed E-state index contributed by atoms with van der Waals surface area (Å²) in [5, 5.41) is 0. The molecule has 0 amide bonds. The molecule has 0 fully saturated rings. The van der Waals surface area contributed by atoms with Gasteiger partial charge in [-0.1, -0.05) is 27.7 Å². The topological polar surface area (TPSA) is 111 Å². The Balaban J connectivity index is 1.64. The first-order chi connectivity index (χ1) is 25.7. The van der Waals surface area contributed by atoms with Crippen LogP contribution in [0.25, 0.3) is 0 Å². The molecule has 0 bridgehead atoms. The Morgan fingerprint density at radius 2 is 0.558 bits per heavy atom. The highest BCUT2D eigenvalue weighted by molar-refractivity contribution is 5.48. The van der Waals surface area contributed by atoms with Crippen molar-refractivity contribution in [3.63, 3.8) is 0 Å². The van der Waals surface area contributed by atoms with Crippen molar-refractivity contribution >= 4 is 0 Å². The summed E-state index contributed by atoms with van der Waals surface area (Å²) in [6.07, 6.45) is 3.77. The zero-order valence-corrected chi connectivity index (χ0v) is 32.2. The molecule has 0 saturated carbocycles. The van der Waals surface area contributed by atoms with Crippen molar-refractivity contribution in [1.29, 1.82) is 0 Å². The fourth-order valence-corrected chi connectivity index (χ4v) is 5.07. The van der Waals surface area contributed by atoms with Crippen LogP contribution in [-0.2, 0) is 64.3 Å². The van der Waals surface area contributed by atoms with Crippen LogP contribution in [0.2, 0.25) is 0 Å². The predicted molar refractivity (Wildman–Crippen MR) is 198 cm³/mol. The number of hydrogen-bond acceptors (Lipinski definition) is 12. The smallest absolute Gasteiger partial charge is 0.161 e. The molecule has 1 heterocycles. The van der Waals surface area contributed by atoms with Gasteiger partial charge in [-0.2, -0.15) is 0 Å². The lowest BCUT2D eigenvalue weighted by Gasteiger charge is -2.19. The first-order valence-electron chi connectivity index (χ1n) is 19.1. The van der Waals surface area contributed by atoms with Crippen LogP contribution in [0.4, 0.5) is 0 Å². The van der Waals surface area contributed by atoms with Gasteiger partial charge in [0.1, 0.15) is 26.4 Å². The van der Waals surface area contributed by atoms with Gasteiger partial charge in [0.15, 0.2) is 23.0 Å². The summed E-state index contributed by atoms with van der Waals surface area (Å²) >= 11 is 0. The van der Waals surface area contributed by atoms with Crippen molar-refractivity contribution in [2.24, 2.45) is 0 Å². The monoisotopic (exact) mass is 736 g/mol. The zero-order chi connectivity index (χ0) is 36.9. The van der Waals surface area contributed by atoms with E-state index in [-0.39, 0.29) is 0 Å². The van der Waals surface area contributed by atoms with Crippen LogP contribution in [0, 0.1) is 0 Å². The van der Waals surface area contributed by atoms with Crippen LogP contribution in [0.3, 0.4) is 0 Å². The molecule has 0 aromatic heterocycles. The van der Waals surface area contributed by atoms with Crippen molar-refractivity contribution in [2.45, 2.75) is 79.8 Å². The Bertz CT molecular complexity index is 1010. The minimum atomic E-state index is 0.348. The largest absolute Gasteiger partial charge is 0.487 e. The number of benzene rings is 2. The summed E-state index contributed by atoms with van der Waals surface area (Å²) in [4.78, 5) is 0. The summed E-state index contributed by atoms with van der Waals surface area (Å²) in [5.74, 6) is 2.52. The van der Waals surface area contributed by atoms with E-state index in [0.29, 0.717) is 155 Å². The standard InChI is InChI=1S/C40H64O12/c1-5-9-45-29-33-25-37-38(26-34(33)30-46-10-6-2)50-22-18-42-15-16-44-20-24-52-40-28-36(32-48-12-8-4)35(31-47-11-7-3)27-39(40)51-23-19-43-14-13-41-17-21-49-37/h25-28H,5-24,29-32H2,1-4H3. The fraction of sp³-hybridized carbons (Fsp3) is 0.700.